The van der Waals surface area contributed by atoms with Crippen LogP contribution in [0.25, 0.3) is 0 Å². The monoisotopic (exact) mass is 349 g/mol. The standard InChI is InChI=1S/C16H19N3O4S/c1-19(10-11-23-14-7-3-2-4-8-14)16(20)18-13-6-5-9-15(12-13)24(17,21)22/h2-9,12H,10-11H2,1H3,(H,18,20)(H2,17,21,22). The second-order valence-electron chi connectivity index (χ2n) is 5.09. The van der Waals surface area contributed by atoms with Gasteiger partial charge in [-0.15, -0.1) is 0 Å². The van der Waals surface area contributed by atoms with Crippen molar-refractivity contribution in [2.75, 3.05) is 25.5 Å². The number of ether oxygens (including phenoxy) is 1. The lowest BCUT2D eigenvalue weighted by molar-refractivity contribution is 0.207. The van der Waals surface area contributed by atoms with Gasteiger partial charge in [0, 0.05) is 12.7 Å². The number of sulfonamides is 1. The van der Waals surface area contributed by atoms with Crippen LogP contribution in [0.15, 0.2) is 59.5 Å². The Kier molecular flexibility index (Phi) is 5.78. The highest BCUT2D eigenvalue weighted by molar-refractivity contribution is 7.89. The van der Waals surface area contributed by atoms with Gasteiger partial charge in [-0.25, -0.2) is 18.4 Å². The lowest BCUT2D eigenvalue weighted by Gasteiger charge is -2.18. The predicted octanol–water partition coefficient (Wildman–Crippen LogP) is 1.88. The number of nitrogens with two attached hydrogens (primary N) is 1. The van der Waals surface area contributed by atoms with Crippen molar-refractivity contribution in [2.24, 2.45) is 5.14 Å². The number of hydrogen-bond acceptors (Lipinski definition) is 4. The molecule has 24 heavy (non-hydrogen) atoms. The van der Waals surface area contributed by atoms with Crippen LogP contribution in [0, 0.1) is 0 Å². The predicted molar refractivity (Wildman–Crippen MR) is 91.4 cm³/mol. The lowest BCUT2D eigenvalue weighted by atomic mass is 10.3. The van der Waals surface area contributed by atoms with E-state index in [4.69, 9.17) is 9.88 Å². The molecule has 0 unspecified atom stereocenters. The summed E-state index contributed by atoms with van der Waals surface area (Å²) in [5, 5.41) is 7.68. The SMILES string of the molecule is CN(CCOc1ccccc1)C(=O)Nc1cccc(S(N)(=O)=O)c1. The van der Waals surface area contributed by atoms with Crippen molar-refractivity contribution < 1.29 is 17.9 Å². The number of hydrogen-bond donors (Lipinski definition) is 2. The smallest absolute Gasteiger partial charge is 0.321 e. The maximum Gasteiger partial charge on any atom is 0.321 e. The Balaban J connectivity index is 1.87. The summed E-state index contributed by atoms with van der Waals surface area (Å²) in [4.78, 5) is 13.5. The Bertz CT molecular complexity index is 794. The van der Waals surface area contributed by atoms with E-state index in [1.807, 2.05) is 30.3 Å². The fourth-order valence-electron chi connectivity index (χ4n) is 1.89. The van der Waals surface area contributed by atoms with Gasteiger partial charge in [0.05, 0.1) is 11.4 Å². The van der Waals surface area contributed by atoms with Crippen molar-refractivity contribution in [3.05, 3.63) is 54.6 Å². The number of nitrogens with one attached hydrogen (secondary N) is 1. The molecule has 0 spiro atoms. The molecule has 2 amide bonds. The minimum atomic E-state index is -3.81. The van der Waals surface area contributed by atoms with Crippen LogP contribution in [0.4, 0.5) is 10.5 Å². The summed E-state index contributed by atoms with van der Waals surface area (Å²) in [5.74, 6) is 0.729. The zero-order valence-electron chi connectivity index (χ0n) is 13.2. The molecule has 0 aliphatic carbocycles. The number of carbonyl (C=O) groups excluding carboxylic acids is 1. The number of urea groups is 1. The molecule has 2 aromatic carbocycles. The maximum absolute atomic E-state index is 12.1. The molecule has 0 aliphatic heterocycles. The molecule has 3 N–H and O–H groups in total. The van der Waals surface area contributed by atoms with Crippen molar-refractivity contribution in [1.29, 1.82) is 0 Å². The van der Waals surface area contributed by atoms with Crippen LogP contribution in [0.3, 0.4) is 0 Å². The van der Waals surface area contributed by atoms with Crippen LogP contribution in [0.1, 0.15) is 0 Å². The first-order chi connectivity index (χ1) is 11.4. The Labute approximate surface area is 141 Å². The third kappa shape index (κ3) is 5.25. The maximum atomic E-state index is 12.1. The fourth-order valence-corrected chi connectivity index (χ4v) is 2.45. The summed E-state index contributed by atoms with van der Waals surface area (Å²) in [7, 11) is -2.19. The molecule has 0 aromatic heterocycles. The number of rotatable bonds is 6. The van der Waals surface area contributed by atoms with Gasteiger partial charge in [-0.3, -0.25) is 0 Å². The second-order valence-corrected chi connectivity index (χ2v) is 6.65. The van der Waals surface area contributed by atoms with Gasteiger partial charge in [-0.1, -0.05) is 24.3 Å². The highest BCUT2D eigenvalue weighted by atomic mass is 32.2. The van der Waals surface area contributed by atoms with E-state index in [1.54, 1.807) is 13.1 Å². The largest absolute Gasteiger partial charge is 0.492 e. The first kappa shape index (κ1) is 17.8. The number of nitrogens with zero attached hydrogens (tertiary/aromatic N) is 1. The molecule has 0 heterocycles. The van der Waals surface area contributed by atoms with Crippen LogP contribution in [0.5, 0.6) is 5.75 Å². The fraction of sp³-hybridized carbons (Fsp3) is 0.188. The zero-order valence-corrected chi connectivity index (χ0v) is 14.0. The quantitative estimate of drug-likeness (QED) is 0.831. The molecule has 0 bridgehead atoms. The summed E-state index contributed by atoms with van der Waals surface area (Å²) in [6, 6.07) is 14.7. The Hall–Kier alpha value is -2.58. The van der Waals surface area contributed by atoms with Crippen LogP contribution >= 0.6 is 0 Å². The molecule has 0 saturated heterocycles. The van der Waals surface area contributed by atoms with Gasteiger partial charge in [0.15, 0.2) is 0 Å². The van der Waals surface area contributed by atoms with Gasteiger partial charge in [0.1, 0.15) is 12.4 Å². The normalized spacial score (nSPS) is 10.9. The molecule has 0 radical (unpaired) electrons. The van der Waals surface area contributed by atoms with Gasteiger partial charge in [0.2, 0.25) is 10.0 Å². The number of primary sulfonamides is 1. The van der Waals surface area contributed by atoms with Crippen LogP contribution in [0.2, 0.25) is 0 Å². The molecule has 8 heteroatoms. The molecule has 128 valence electrons. The van der Waals surface area contributed by atoms with E-state index < -0.39 is 10.0 Å². The van der Waals surface area contributed by atoms with Gasteiger partial charge in [-0.2, -0.15) is 0 Å². The van der Waals surface area contributed by atoms with Crippen molar-refractivity contribution >= 4 is 21.7 Å². The minimum absolute atomic E-state index is 0.0598. The molecule has 0 saturated carbocycles. The highest BCUT2D eigenvalue weighted by Crippen LogP contribution is 2.14. The van der Waals surface area contributed by atoms with Crippen LogP contribution in [-0.4, -0.2) is 39.5 Å². The first-order valence-corrected chi connectivity index (χ1v) is 8.74. The molecule has 0 aliphatic rings. The van der Waals surface area contributed by atoms with Crippen molar-refractivity contribution in [2.45, 2.75) is 4.90 Å². The number of amides is 2. The van der Waals surface area contributed by atoms with Gasteiger partial charge in [0.25, 0.3) is 0 Å². The van der Waals surface area contributed by atoms with E-state index in [2.05, 4.69) is 5.32 Å². The Morgan fingerprint density at radius 3 is 2.54 bits per heavy atom. The number of carbonyl (C=O) groups is 1. The average Bonchev–Trinajstić information content (AvgIpc) is 2.55. The summed E-state index contributed by atoms with van der Waals surface area (Å²) >= 11 is 0. The molecule has 2 aromatic rings. The third-order valence-electron chi connectivity index (χ3n) is 3.20. The average molecular weight is 349 g/mol. The molecular formula is C16H19N3O4S. The van der Waals surface area contributed by atoms with Crippen molar-refractivity contribution in [3.63, 3.8) is 0 Å². The number of likely N-dealkylation sites (N-methyl/N-ethyl adjacent to an activating group) is 1. The van der Waals surface area contributed by atoms with Gasteiger partial charge >= 0.3 is 6.03 Å². The summed E-state index contributed by atoms with van der Waals surface area (Å²) in [6.45, 7) is 0.709. The summed E-state index contributed by atoms with van der Waals surface area (Å²) in [6.07, 6.45) is 0. The number of para-hydroxylation sites is 1. The van der Waals surface area contributed by atoms with E-state index in [1.165, 1.54) is 23.1 Å². The van der Waals surface area contributed by atoms with E-state index in [0.29, 0.717) is 18.8 Å². The molecule has 0 fully saturated rings. The number of anilines is 1. The van der Waals surface area contributed by atoms with Crippen molar-refractivity contribution in [3.8, 4) is 5.75 Å². The van der Waals surface area contributed by atoms with E-state index >= 15 is 0 Å². The molecule has 2 rings (SSSR count). The molecular weight excluding hydrogens is 330 g/mol. The summed E-state index contributed by atoms with van der Waals surface area (Å²) < 4.78 is 28.2. The summed E-state index contributed by atoms with van der Waals surface area (Å²) in [5.41, 5.74) is 0.349. The van der Waals surface area contributed by atoms with Gasteiger partial charge < -0.3 is 15.0 Å². The third-order valence-corrected chi connectivity index (χ3v) is 4.11. The van der Waals surface area contributed by atoms with Crippen LogP contribution in [-0.2, 0) is 10.0 Å². The highest BCUT2D eigenvalue weighted by Gasteiger charge is 2.12. The second kappa shape index (κ2) is 7.80. The minimum Gasteiger partial charge on any atom is -0.492 e. The molecule has 7 nitrogen and oxygen atoms in total. The van der Waals surface area contributed by atoms with Crippen LogP contribution < -0.4 is 15.2 Å². The lowest BCUT2D eigenvalue weighted by Crippen LogP contribution is -2.34. The molecule has 0 atom stereocenters. The topological polar surface area (TPSA) is 102 Å². The van der Waals surface area contributed by atoms with E-state index in [9.17, 15) is 13.2 Å². The number of benzene rings is 2. The first-order valence-electron chi connectivity index (χ1n) is 7.19. The van der Waals surface area contributed by atoms with Gasteiger partial charge in [-0.05, 0) is 30.3 Å². The van der Waals surface area contributed by atoms with Crippen molar-refractivity contribution in [1.82, 2.24) is 4.90 Å². The van der Waals surface area contributed by atoms with E-state index in [-0.39, 0.29) is 10.9 Å². The Morgan fingerprint density at radius 2 is 1.88 bits per heavy atom. The Morgan fingerprint density at radius 1 is 1.17 bits per heavy atom. The zero-order chi connectivity index (χ0) is 17.6. The van der Waals surface area contributed by atoms with E-state index in [0.717, 1.165) is 5.75 Å².